The molecule has 2 aliphatic rings. The van der Waals surface area contributed by atoms with E-state index in [1.807, 2.05) is 0 Å². The molecule has 1 unspecified atom stereocenters. The molecular weight excluding hydrogens is 272 g/mol. The van der Waals surface area contributed by atoms with Gasteiger partial charge in [0.15, 0.2) is 0 Å². The van der Waals surface area contributed by atoms with Gasteiger partial charge in [-0.3, -0.25) is 9.59 Å². The van der Waals surface area contributed by atoms with Crippen molar-refractivity contribution in [3.8, 4) is 0 Å². The van der Waals surface area contributed by atoms with Gasteiger partial charge in [-0.2, -0.15) is 0 Å². The maximum absolute atomic E-state index is 12.4. The molecule has 0 bridgehead atoms. The van der Waals surface area contributed by atoms with Crippen LogP contribution in [0.2, 0.25) is 0 Å². The van der Waals surface area contributed by atoms with Crippen LogP contribution in [0.25, 0.3) is 10.4 Å². The maximum atomic E-state index is 12.4. The molecule has 0 saturated carbocycles. The van der Waals surface area contributed by atoms with Gasteiger partial charge in [-0.1, -0.05) is 5.11 Å². The molecule has 0 aliphatic carbocycles. The molecule has 2 atom stereocenters. The molecule has 2 rings (SSSR count). The molecule has 0 aromatic rings. The molecule has 2 heterocycles. The number of carbonyl (C=O) groups is 2. The third-order valence-electron chi connectivity index (χ3n) is 4.20. The molecule has 2 saturated heterocycles. The largest absolute Gasteiger partial charge is 0.338 e. The highest BCUT2D eigenvalue weighted by atomic mass is 16.2. The molecule has 8 nitrogen and oxygen atoms in total. The van der Waals surface area contributed by atoms with Gasteiger partial charge in [0, 0.05) is 30.6 Å². The molecule has 21 heavy (non-hydrogen) atoms. The van der Waals surface area contributed by atoms with Gasteiger partial charge in [-0.25, -0.2) is 0 Å². The van der Waals surface area contributed by atoms with Crippen LogP contribution in [-0.4, -0.2) is 59.9 Å². The first kappa shape index (κ1) is 15.6. The van der Waals surface area contributed by atoms with Crippen molar-refractivity contribution in [1.82, 2.24) is 9.80 Å². The summed E-state index contributed by atoms with van der Waals surface area (Å²) in [6.45, 7) is 1.64. The number of carbonyl (C=O) groups excluding carboxylic acids is 2. The van der Waals surface area contributed by atoms with Crippen molar-refractivity contribution in [3.05, 3.63) is 10.4 Å². The van der Waals surface area contributed by atoms with Crippen molar-refractivity contribution in [1.29, 1.82) is 0 Å². The van der Waals surface area contributed by atoms with Crippen LogP contribution in [-0.2, 0) is 9.59 Å². The van der Waals surface area contributed by atoms with E-state index < -0.39 is 6.04 Å². The second-order valence-corrected chi connectivity index (χ2v) is 5.66. The van der Waals surface area contributed by atoms with E-state index in [-0.39, 0.29) is 24.4 Å². The second-order valence-electron chi connectivity index (χ2n) is 5.66. The van der Waals surface area contributed by atoms with Crippen LogP contribution >= 0.6 is 0 Å². The highest BCUT2D eigenvalue weighted by molar-refractivity contribution is 5.87. The van der Waals surface area contributed by atoms with Crippen LogP contribution in [0.15, 0.2) is 5.11 Å². The number of rotatable bonds is 4. The minimum atomic E-state index is -0.488. The predicted octanol–water partition coefficient (Wildman–Crippen LogP) is 0.628. The Labute approximate surface area is 123 Å². The smallest absolute Gasteiger partial charge is 0.242 e. The van der Waals surface area contributed by atoms with E-state index in [4.69, 9.17) is 11.3 Å². The molecule has 0 spiro atoms. The molecule has 2 aliphatic heterocycles. The summed E-state index contributed by atoms with van der Waals surface area (Å²) in [6, 6.07) is -0.526. The highest BCUT2D eigenvalue weighted by Crippen LogP contribution is 2.19. The fourth-order valence-corrected chi connectivity index (χ4v) is 3.03. The molecule has 2 fully saturated rings. The van der Waals surface area contributed by atoms with Crippen LogP contribution in [0.5, 0.6) is 0 Å². The first-order chi connectivity index (χ1) is 10.1. The number of amides is 2. The normalized spacial score (nSPS) is 26.4. The highest BCUT2D eigenvalue weighted by Gasteiger charge is 2.31. The Morgan fingerprint density at radius 1 is 1.33 bits per heavy atom. The summed E-state index contributed by atoms with van der Waals surface area (Å²) >= 11 is 0. The number of nitrogens with two attached hydrogens (primary N) is 1. The summed E-state index contributed by atoms with van der Waals surface area (Å²) in [7, 11) is 0. The molecule has 0 radical (unpaired) electrons. The van der Waals surface area contributed by atoms with Crippen LogP contribution in [0, 0.1) is 0 Å². The van der Waals surface area contributed by atoms with Gasteiger partial charge in [-0.15, -0.1) is 0 Å². The Kier molecular flexibility index (Phi) is 5.41. The van der Waals surface area contributed by atoms with Crippen molar-refractivity contribution in [2.45, 2.75) is 44.2 Å². The summed E-state index contributed by atoms with van der Waals surface area (Å²) in [5.41, 5.74) is 14.2. The molecular formula is C13H22N6O2. The van der Waals surface area contributed by atoms with Crippen molar-refractivity contribution < 1.29 is 9.59 Å². The van der Waals surface area contributed by atoms with Gasteiger partial charge >= 0.3 is 0 Å². The first-order valence-electron chi connectivity index (χ1n) is 7.48. The fourth-order valence-electron chi connectivity index (χ4n) is 3.03. The van der Waals surface area contributed by atoms with E-state index in [9.17, 15) is 9.59 Å². The van der Waals surface area contributed by atoms with Gasteiger partial charge in [0.2, 0.25) is 11.8 Å². The average Bonchev–Trinajstić information content (AvgIpc) is 2.89. The van der Waals surface area contributed by atoms with E-state index in [1.54, 1.807) is 9.80 Å². The number of azide groups is 1. The van der Waals surface area contributed by atoms with Gasteiger partial charge in [0.1, 0.15) is 0 Å². The van der Waals surface area contributed by atoms with Crippen molar-refractivity contribution in [2.24, 2.45) is 10.8 Å². The summed E-state index contributed by atoms with van der Waals surface area (Å²) in [5.74, 6) is -0.209. The number of hydrogen-bond acceptors (Lipinski definition) is 4. The zero-order valence-corrected chi connectivity index (χ0v) is 12.1. The molecule has 2 N–H and O–H groups in total. The van der Waals surface area contributed by atoms with Gasteiger partial charge in [0.05, 0.1) is 12.6 Å². The van der Waals surface area contributed by atoms with E-state index in [0.29, 0.717) is 26.1 Å². The van der Waals surface area contributed by atoms with Crippen LogP contribution in [0.1, 0.15) is 32.1 Å². The van der Waals surface area contributed by atoms with Crippen LogP contribution in [0.3, 0.4) is 0 Å². The van der Waals surface area contributed by atoms with Gasteiger partial charge in [-0.05, 0) is 37.6 Å². The Morgan fingerprint density at radius 3 is 2.90 bits per heavy atom. The Bertz CT molecular complexity index is 448. The zero-order valence-electron chi connectivity index (χ0n) is 12.1. The molecule has 116 valence electrons. The van der Waals surface area contributed by atoms with E-state index >= 15 is 0 Å². The monoisotopic (exact) mass is 294 g/mol. The van der Waals surface area contributed by atoms with Crippen molar-refractivity contribution in [2.75, 3.05) is 26.2 Å². The quantitative estimate of drug-likeness (QED) is 0.465. The first-order valence-corrected chi connectivity index (χ1v) is 7.48. The SMILES string of the molecule is [N-]=[N+]=NC[C@H]1CCCN1C(=O)CN1CCCCC(N)C1=O. The number of nitrogens with zero attached hydrogens (tertiary/aromatic N) is 5. The lowest BCUT2D eigenvalue weighted by Crippen LogP contribution is -2.49. The minimum Gasteiger partial charge on any atom is -0.338 e. The lowest BCUT2D eigenvalue weighted by Gasteiger charge is -2.28. The molecule has 8 heteroatoms. The topological polar surface area (TPSA) is 115 Å². The Morgan fingerprint density at radius 2 is 2.14 bits per heavy atom. The summed E-state index contributed by atoms with van der Waals surface area (Å²) in [5, 5.41) is 3.56. The maximum Gasteiger partial charge on any atom is 0.242 e. The van der Waals surface area contributed by atoms with Crippen molar-refractivity contribution in [3.63, 3.8) is 0 Å². The third-order valence-corrected chi connectivity index (χ3v) is 4.20. The second kappa shape index (κ2) is 7.28. The van der Waals surface area contributed by atoms with E-state index in [1.165, 1.54) is 0 Å². The van der Waals surface area contributed by atoms with E-state index in [2.05, 4.69) is 10.0 Å². The Balaban J connectivity index is 1.96. The van der Waals surface area contributed by atoms with Crippen LogP contribution < -0.4 is 5.73 Å². The lowest BCUT2D eigenvalue weighted by molar-refractivity contribution is -0.141. The molecule has 2 amide bonds. The van der Waals surface area contributed by atoms with Gasteiger partial charge in [0.25, 0.3) is 0 Å². The predicted molar refractivity (Wildman–Crippen MR) is 77.2 cm³/mol. The lowest BCUT2D eigenvalue weighted by atomic mass is 10.1. The standard InChI is InChI=1S/C13H22N6O2/c14-11-5-1-2-6-18(13(11)21)9-12(20)19-7-3-4-10(19)8-16-17-15/h10-11H,1-9,14H2/t10-,11?/m1/s1. The Hall–Kier alpha value is -1.79. The number of likely N-dealkylation sites (tertiary alicyclic amines) is 2. The van der Waals surface area contributed by atoms with Crippen LogP contribution in [0.4, 0.5) is 0 Å². The third kappa shape index (κ3) is 3.86. The molecule has 0 aromatic heterocycles. The summed E-state index contributed by atoms with van der Waals surface area (Å²) in [6.07, 6.45) is 4.24. The zero-order chi connectivity index (χ0) is 15.2. The molecule has 0 aromatic carbocycles. The van der Waals surface area contributed by atoms with E-state index in [0.717, 1.165) is 25.7 Å². The summed E-state index contributed by atoms with van der Waals surface area (Å²) in [4.78, 5) is 30.6. The average molecular weight is 294 g/mol. The number of hydrogen-bond donors (Lipinski definition) is 1. The summed E-state index contributed by atoms with van der Waals surface area (Å²) < 4.78 is 0. The fraction of sp³-hybridized carbons (Fsp3) is 0.846. The van der Waals surface area contributed by atoms with Gasteiger partial charge < -0.3 is 15.5 Å². The minimum absolute atomic E-state index is 0.0378. The van der Waals surface area contributed by atoms with Crippen molar-refractivity contribution >= 4 is 11.8 Å².